The summed E-state index contributed by atoms with van der Waals surface area (Å²) in [4.78, 5) is 19.2. The molecule has 1 aliphatic carbocycles. The average molecular weight is 477 g/mol. The van der Waals surface area contributed by atoms with Crippen LogP contribution in [-0.2, 0) is 17.7 Å². The van der Waals surface area contributed by atoms with Crippen LogP contribution < -0.4 is 4.90 Å². The van der Waals surface area contributed by atoms with Gasteiger partial charge >= 0.3 is 6.09 Å². The molecule has 1 saturated carbocycles. The number of hydrogen-bond acceptors (Lipinski definition) is 4. The minimum absolute atomic E-state index is 0.252. The Hall–Kier alpha value is -4.11. The van der Waals surface area contributed by atoms with E-state index in [4.69, 9.17) is 4.74 Å². The first-order valence-electron chi connectivity index (χ1n) is 12.6. The summed E-state index contributed by atoms with van der Waals surface area (Å²) in [5.41, 5.74) is 5.45. The van der Waals surface area contributed by atoms with Crippen LogP contribution in [0.5, 0.6) is 0 Å². The molecule has 0 radical (unpaired) electrons. The number of rotatable bonds is 5. The third kappa shape index (κ3) is 4.33. The number of anilines is 1. The quantitative estimate of drug-likeness (QED) is 0.350. The fourth-order valence-corrected chi connectivity index (χ4v) is 5.83. The van der Waals surface area contributed by atoms with E-state index in [0.29, 0.717) is 18.0 Å². The minimum Gasteiger partial charge on any atom is -0.441 e. The Morgan fingerprint density at radius 3 is 2.67 bits per heavy atom. The number of nitrogens with zero attached hydrogens (tertiary/aromatic N) is 4. The number of fused-ring (bicyclic) bond motifs is 1. The van der Waals surface area contributed by atoms with Gasteiger partial charge in [-0.15, -0.1) is 0 Å². The largest absolute Gasteiger partial charge is 0.441 e. The molecule has 2 heterocycles. The molecule has 1 aliphatic heterocycles. The standard InChI is InChI=1S/C30H28N4O2/c31-18-24-10-13-27-28(16-24)33(21-32-27)19-25-7-4-14-30(17-25)20-34(29(35)36-30)26-11-8-23(9-12-26)15-22-5-2-1-3-6-22/h1-3,5-6,8-13,16,21,25H,4,7,14-15,17,19-20H2. The van der Waals surface area contributed by atoms with E-state index < -0.39 is 5.60 Å². The van der Waals surface area contributed by atoms with Crippen LogP contribution in [0.4, 0.5) is 10.5 Å². The first-order chi connectivity index (χ1) is 17.6. The van der Waals surface area contributed by atoms with Gasteiger partial charge in [0.05, 0.1) is 35.5 Å². The zero-order chi connectivity index (χ0) is 24.5. The van der Waals surface area contributed by atoms with Gasteiger partial charge in [0.25, 0.3) is 0 Å². The molecule has 1 spiro atoms. The normalized spacial score (nSPS) is 21.6. The predicted molar refractivity (Wildman–Crippen MR) is 139 cm³/mol. The lowest BCUT2D eigenvalue weighted by Gasteiger charge is -2.36. The number of aromatic nitrogens is 2. The fraction of sp³-hybridized carbons (Fsp3) is 0.300. The predicted octanol–water partition coefficient (Wildman–Crippen LogP) is 6.08. The number of amides is 1. The molecule has 1 saturated heterocycles. The molecule has 1 amide bonds. The van der Waals surface area contributed by atoms with Crippen LogP contribution in [0.25, 0.3) is 11.0 Å². The van der Waals surface area contributed by atoms with Crippen molar-refractivity contribution in [3.63, 3.8) is 0 Å². The van der Waals surface area contributed by atoms with Crippen LogP contribution in [0.1, 0.15) is 42.4 Å². The average Bonchev–Trinajstić information content (AvgIpc) is 3.44. The van der Waals surface area contributed by atoms with Gasteiger partial charge < -0.3 is 9.30 Å². The van der Waals surface area contributed by atoms with Crippen molar-refractivity contribution >= 4 is 22.8 Å². The summed E-state index contributed by atoms with van der Waals surface area (Å²) in [5.74, 6) is 0.378. The van der Waals surface area contributed by atoms with Crippen LogP contribution >= 0.6 is 0 Å². The summed E-state index contributed by atoms with van der Waals surface area (Å²) in [6.45, 7) is 1.39. The maximum absolute atomic E-state index is 13.0. The number of imidazole rings is 1. The summed E-state index contributed by atoms with van der Waals surface area (Å²) in [7, 11) is 0. The lowest BCUT2D eigenvalue weighted by Crippen LogP contribution is -2.40. The van der Waals surface area contributed by atoms with Crippen LogP contribution in [0.15, 0.2) is 79.1 Å². The van der Waals surface area contributed by atoms with E-state index >= 15 is 0 Å². The number of ether oxygens (including phenoxy) is 1. The molecule has 0 N–H and O–H groups in total. The van der Waals surface area contributed by atoms with Crippen LogP contribution in [-0.4, -0.2) is 27.8 Å². The van der Waals surface area contributed by atoms with Crippen molar-refractivity contribution in [2.24, 2.45) is 5.92 Å². The summed E-state index contributed by atoms with van der Waals surface area (Å²) in [5, 5.41) is 9.28. The molecular weight excluding hydrogens is 448 g/mol. The molecule has 36 heavy (non-hydrogen) atoms. The SMILES string of the molecule is N#Cc1ccc2ncn(CC3CCCC4(C3)CN(c3ccc(Cc5ccccc5)cc3)C(=O)O4)c2c1. The fourth-order valence-electron chi connectivity index (χ4n) is 5.83. The van der Waals surface area contributed by atoms with Crippen molar-refractivity contribution in [1.82, 2.24) is 9.55 Å². The zero-order valence-electron chi connectivity index (χ0n) is 20.1. The number of nitriles is 1. The van der Waals surface area contributed by atoms with Gasteiger partial charge in [-0.05, 0) is 79.5 Å². The molecule has 2 atom stereocenters. The summed E-state index contributed by atoms with van der Waals surface area (Å²) in [6.07, 6.45) is 6.31. The molecule has 2 unspecified atom stereocenters. The van der Waals surface area contributed by atoms with Crippen molar-refractivity contribution in [1.29, 1.82) is 5.26 Å². The van der Waals surface area contributed by atoms with Gasteiger partial charge in [0.1, 0.15) is 5.60 Å². The van der Waals surface area contributed by atoms with E-state index in [1.54, 1.807) is 11.0 Å². The summed E-state index contributed by atoms with van der Waals surface area (Å²) in [6, 6.07) is 26.5. The third-order valence-electron chi connectivity index (χ3n) is 7.58. The third-order valence-corrected chi connectivity index (χ3v) is 7.58. The summed E-state index contributed by atoms with van der Waals surface area (Å²) < 4.78 is 8.21. The van der Waals surface area contributed by atoms with E-state index in [0.717, 1.165) is 55.4 Å². The maximum Gasteiger partial charge on any atom is 0.415 e. The number of benzene rings is 3. The Morgan fingerprint density at radius 2 is 1.86 bits per heavy atom. The molecule has 6 heteroatoms. The molecule has 6 rings (SSSR count). The molecule has 3 aromatic carbocycles. The monoisotopic (exact) mass is 476 g/mol. The van der Waals surface area contributed by atoms with Crippen LogP contribution in [0.2, 0.25) is 0 Å². The van der Waals surface area contributed by atoms with E-state index in [1.165, 1.54) is 11.1 Å². The second-order valence-electron chi connectivity index (χ2n) is 10.1. The lowest BCUT2D eigenvalue weighted by molar-refractivity contribution is 0.00439. The molecule has 0 bridgehead atoms. The highest BCUT2D eigenvalue weighted by Gasteiger charge is 2.48. The van der Waals surface area contributed by atoms with E-state index in [9.17, 15) is 10.1 Å². The van der Waals surface area contributed by atoms with Crippen LogP contribution in [0.3, 0.4) is 0 Å². The highest BCUT2D eigenvalue weighted by atomic mass is 16.6. The Labute approximate surface area is 210 Å². The van der Waals surface area contributed by atoms with E-state index in [2.05, 4.69) is 52.0 Å². The first-order valence-corrected chi connectivity index (χ1v) is 12.6. The first kappa shape index (κ1) is 22.4. The van der Waals surface area contributed by atoms with Gasteiger partial charge in [-0.25, -0.2) is 9.78 Å². The molecule has 2 aliphatic rings. The van der Waals surface area contributed by atoms with Gasteiger partial charge in [-0.2, -0.15) is 5.26 Å². The molecule has 1 aromatic heterocycles. The molecule has 6 nitrogen and oxygen atoms in total. The van der Waals surface area contributed by atoms with Gasteiger partial charge in [0, 0.05) is 12.2 Å². The van der Waals surface area contributed by atoms with Gasteiger partial charge in [-0.1, -0.05) is 42.5 Å². The molecule has 4 aromatic rings. The van der Waals surface area contributed by atoms with Gasteiger partial charge in [0.2, 0.25) is 0 Å². The zero-order valence-corrected chi connectivity index (χ0v) is 20.1. The lowest BCUT2D eigenvalue weighted by atomic mass is 9.78. The minimum atomic E-state index is -0.448. The summed E-state index contributed by atoms with van der Waals surface area (Å²) >= 11 is 0. The van der Waals surface area contributed by atoms with E-state index in [1.807, 2.05) is 36.7 Å². The van der Waals surface area contributed by atoms with Crippen molar-refractivity contribution in [2.75, 3.05) is 11.4 Å². The van der Waals surface area contributed by atoms with E-state index in [-0.39, 0.29) is 6.09 Å². The topological polar surface area (TPSA) is 71.2 Å². The van der Waals surface area contributed by atoms with Gasteiger partial charge in [0.15, 0.2) is 0 Å². The Balaban J connectivity index is 1.15. The van der Waals surface area contributed by atoms with Gasteiger partial charge in [-0.3, -0.25) is 4.90 Å². The second kappa shape index (κ2) is 9.16. The number of carbonyl (C=O) groups excluding carboxylic acids is 1. The van der Waals surface area contributed by atoms with Crippen molar-refractivity contribution in [3.8, 4) is 6.07 Å². The highest BCUT2D eigenvalue weighted by molar-refractivity contribution is 5.90. The highest BCUT2D eigenvalue weighted by Crippen LogP contribution is 2.42. The second-order valence-corrected chi connectivity index (χ2v) is 10.1. The Morgan fingerprint density at radius 1 is 1.06 bits per heavy atom. The number of hydrogen-bond donors (Lipinski definition) is 0. The van der Waals surface area contributed by atoms with Crippen molar-refractivity contribution in [2.45, 2.75) is 44.2 Å². The smallest absolute Gasteiger partial charge is 0.415 e. The number of carbonyl (C=O) groups is 1. The maximum atomic E-state index is 13.0. The molecule has 180 valence electrons. The Kier molecular flexibility index (Phi) is 5.69. The Bertz CT molecular complexity index is 1440. The van der Waals surface area contributed by atoms with Crippen molar-refractivity contribution < 1.29 is 9.53 Å². The molecular formula is C30H28N4O2. The molecule has 2 fully saturated rings. The van der Waals surface area contributed by atoms with Crippen molar-refractivity contribution in [3.05, 3.63) is 95.8 Å². The van der Waals surface area contributed by atoms with Crippen LogP contribution in [0, 0.1) is 17.2 Å².